The second kappa shape index (κ2) is 6.76. The van der Waals surface area contributed by atoms with Gasteiger partial charge >= 0.3 is 0 Å². The summed E-state index contributed by atoms with van der Waals surface area (Å²) in [5, 5.41) is 5.38. The molecule has 0 aliphatic rings. The largest absolute Gasteiger partial charge is 0.310 e. The van der Waals surface area contributed by atoms with Gasteiger partial charge in [0.2, 0.25) is 0 Å². The molecule has 1 nitrogen and oxygen atoms in total. The molecule has 0 aliphatic carbocycles. The lowest BCUT2D eigenvalue weighted by molar-refractivity contribution is 0.481. The van der Waals surface area contributed by atoms with Crippen LogP contribution < -0.4 is 5.32 Å². The lowest BCUT2D eigenvalue weighted by Crippen LogP contribution is -2.23. The van der Waals surface area contributed by atoms with E-state index in [9.17, 15) is 8.78 Å². The molecule has 0 saturated heterocycles. The lowest BCUT2D eigenvalue weighted by Gasteiger charge is -2.17. The summed E-state index contributed by atoms with van der Waals surface area (Å²) in [7, 11) is 0. The van der Waals surface area contributed by atoms with Gasteiger partial charge in [0.1, 0.15) is 0 Å². The molecule has 0 amide bonds. The molecule has 5 heteroatoms. The SMILES string of the molecule is CCNC(Cc1cccc(F)c1F)c1csc(I)c1. The molecule has 19 heavy (non-hydrogen) atoms. The average molecular weight is 393 g/mol. The summed E-state index contributed by atoms with van der Waals surface area (Å²) in [4.78, 5) is 0. The van der Waals surface area contributed by atoms with Crippen molar-refractivity contribution < 1.29 is 8.78 Å². The first kappa shape index (κ1) is 14.9. The second-order valence-electron chi connectivity index (χ2n) is 4.21. The Hall–Kier alpha value is -0.530. The maximum absolute atomic E-state index is 13.7. The van der Waals surface area contributed by atoms with Crippen molar-refractivity contribution in [3.8, 4) is 0 Å². The van der Waals surface area contributed by atoms with Gasteiger partial charge in [-0.05, 0) is 64.2 Å². The molecule has 0 fully saturated rings. The standard InChI is InChI=1S/C14H14F2INS/c1-2-18-12(10-7-13(17)19-8-10)6-9-4-3-5-11(15)14(9)16/h3-5,7-8,12,18H,2,6H2,1H3. The van der Waals surface area contributed by atoms with Gasteiger partial charge in [-0.3, -0.25) is 0 Å². The molecule has 1 atom stereocenters. The quantitative estimate of drug-likeness (QED) is 0.737. The van der Waals surface area contributed by atoms with Gasteiger partial charge in [-0.15, -0.1) is 11.3 Å². The van der Waals surface area contributed by atoms with Crippen LogP contribution in [0.4, 0.5) is 8.78 Å². The average Bonchev–Trinajstić information content (AvgIpc) is 2.81. The highest BCUT2D eigenvalue weighted by molar-refractivity contribution is 14.1. The minimum absolute atomic E-state index is 0.0149. The zero-order chi connectivity index (χ0) is 13.8. The summed E-state index contributed by atoms with van der Waals surface area (Å²) in [6.45, 7) is 2.79. The van der Waals surface area contributed by atoms with Crippen LogP contribution in [0.25, 0.3) is 0 Å². The Kier molecular flexibility index (Phi) is 5.29. The van der Waals surface area contributed by atoms with Crippen molar-refractivity contribution in [3.05, 3.63) is 55.3 Å². The van der Waals surface area contributed by atoms with Crippen LogP contribution in [0.1, 0.15) is 24.1 Å². The minimum Gasteiger partial charge on any atom is -0.310 e. The van der Waals surface area contributed by atoms with Crippen molar-refractivity contribution in [1.82, 2.24) is 5.32 Å². The van der Waals surface area contributed by atoms with Crippen molar-refractivity contribution in [2.45, 2.75) is 19.4 Å². The normalized spacial score (nSPS) is 12.6. The summed E-state index contributed by atoms with van der Waals surface area (Å²) in [5.41, 5.74) is 1.53. The van der Waals surface area contributed by atoms with Gasteiger partial charge in [0.05, 0.1) is 2.88 Å². The molecule has 0 saturated carbocycles. The first-order valence-electron chi connectivity index (χ1n) is 6.02. The Balaban J connectivity index is 2.23. The fraction of sp³-hybridized carbons (Fsp3) is 0.286. The molecule has 2 aromatic rings. The summed E-state index contributed by atoms with van der Waals surface area (Å²) >= 11 is 3.92. The maximum Gasteiger partial charge on any atom is 0.162 e. The number of likely N-dealkylation sites (N-methyl/N-ethyl adjacent to an activating group) is 1. The predicted molar refractivity (Wildman–Crippen MR) is 83.5 cm³/mol. The van der Waals surface area contributed by atoms with Crippen LogP contribution in [0, 0.1) is 14.5 Å². The van der Waals surface area contributed by atoms with Crippen molar-refractivity contribution in [3.63, 3.8) is 0 Å². The Morgan fingerprint density at radius 3 is 2.79 bits per heavy atom. The van der Waals surface area contributed by atoms with Crippen molar-refractivity contribution in [2.24, 2.45) is 0 Å². The molecule has 2 rings (SSSR count). The van der Waals surface area contributed by atoms with Crippen molar-refractivity contribution in [1.29, 1.82) is 0 Å². The molecule has 1 aromatic heterocycles. The van der Waals surface area contributed by atoms with E-state index in [2.05, 4.69) is 39.4 Å². The summed E-state index contributed by atoms with van der Waals surface area (Å²) in [5.74, 6) is -1.53. The number of rotatable bonds is 5. The lowest BCUT2D eigenvalue weighted by atomic mass is 10.0. The Morgan fingerprint density at radius 2 is 2.16 bits per heavy atom. The fourth-order valence-electron chi connectivity index (χ4n) is 1.99. The van der Waals surface area contributed by atoms with E-state index in [0.717, 1.165) is 18.2 Å². The van der Waals surface area contributed by atoms with Gasteiger partial charge in [0.25, 0.3) is 0 Å². The van der Waals surface area contributed by atoms with E-state index < -0.39 is 11.6 Å². The monoisotopic (exact) mass is 393 g/mol. The Bertz CT molecular complexity index is 556. The highest BCUT2D eigenvalue weighted by Gasteiger charge is 2.16. The number of halogens is 3. The number of hydrogen-bond donors (Lipinski definition) is 1. The summed E-state index contributed by atoms with van der Waals surface area (Å²) < 4.78 is 28.1. The molecule has 1 unspecified atom stereocenters. The molecule has 0 radical (unpaired) electrons. The Labute approximate surface area is 129 Å². The third-order valence-corrected chi connectivity index (χ3v) is 4.70. The zero-order valence-electron chi connectivity index (χ0n) is 10.4. The van der Waals surface area contributed by atoms with E-state index in [1.54, 1.807) is 23.5 Å². The summed E-state index contributed by atoms with van der Waals surface area (Å²) in [6, 6.07) is 6.43. The van der Waals surface area contributed by atoms with Gasteiger partial charge < -0.3 is 5.32 Å². The van der Waals surface area contributed by atoms with Crippen LogP contribution in [0.5, 0.6) is 0 Å². The van der Waals surface area contributed by atoms with Crippen LogP contribution in [0.2, 0.25) is 0 Å². The molecule has 0 spiro atoms. The van der Waals surface area contributed by atoms with E-state index in [4.69, 9.17) is 0 Å². The van der Waals surface area contributed by atoms with Gasteiger partial charge in [-0.2, -0.15) is 0 Å². The van der Waals surface area contributed by atoms with Crippen LogP contribution in [-0.4, -0.2) is 6.54 Å². The molecule has 1 heterocycles. The van der Waals surface area contributed by atoms with Crippen LogP contribution in [-0.2, 0) is 6.42 Å². The number of nitrogens with one attached hydrogen (secondary N) is 1. The van der Waals surface area contributed by atoms with Crippen molar-refractivity contribution in [2.75, 3.05) is 6.54 Å². The highest BCUT2D eigenvalue weighted by Crippen LogP contribution is 2.26. The fourth-order valence-corrected chi connectivity index (χ4v) is 3.41. The zero-order valence-corrected chi connectivity index (χ0v) is 13.4. The van der Waals surface area contributed by atoms with Gasteiger partial charge in [0, 0.05) is 6.04 Å². The first-order chi connectivity index (χ1) is 9.11. The molecule has 0 aliphatic heterocycles. The van der Waals surface area contributed by atoms with E-state index in [1.165, 1.54) is 2.88 Å². The third kappa shape index (κ3) is 3.73. The second-order valence-corrected chi connectivity index (χ2v) is 7.02. The van der Waals surface area contributed by atoms with Crippen LogP contribution in [0.3, 0.4) is 0 Å². The molecule has 0 bridgehead atoms. The van der Waals surface area contributed by atoms with Gasteiger partial charge in [0.15, 0.2) is 11.6 Å². The van der Waals surface area contributed by atoms with Gasteiger partial charge in [-0.1, -0.05) is 19.1 Å². The van der Waals surface area contributed by atoms with Crippen LogP contribution in [0.15, 0.2) is 29.6 Å². The molecular formula is C14H14F2INS. The minimum atomic E-state index is -0.785. The van der Waals surface area contributed by atoms with Gasteiger partial charge in [-0.25, -0.2) is 8.78 Å². The topological polar surface area (TPSA) is 12.0 Å². The van der Waals surface area contributed by atoms with E-state index >= 15 is 0 Å². The predicted octanol–water partition coefficient (Wildman–Crippen LogP) is 4.52. The molecule has 1 N–H and O–H groups in total. The Morgan fingerprint density at radius 1 is 1.37 bits per heavy atom. The third-order valence-electron chi connectivity index (χ3n) is 2.90. The molecule has 1 aromatic carbocycles. The first-order valence-corrected chi connectivity index (χ1v) is 7.98. The van der Waals surface area contributed by atoms with Crippen LogP contribution >= 0.6 is 33.9 Å². The van der Waals surface area contributed by atoms with E-state index in [1.807, 2.05) is 6.92 Å². The number of benzene rings is 1. The highest BCUT2D eigenvalue weighted by atomic mass is 127. The summed E-state index contributed by atoms with van der Waals surface area (Å²) in [6.07, 6.45) is 0.449. The van der Waals surface area contributed by atoms with E-state index in [-0.39, 0.29) is 6.04 Å². The number of thiophene rings is 1. The van der Waals surface area contributed by atoms with Crippen molar-refractivity contribution >= 4 is 33.9 Å². The smallest absolute Gasteiger partial charge is 0.162 e. The maximum atomic E-state index is 13.7. The van der Waals surface area contributed by atoms with E-state index in [0.29, 0.717) is 12.0 Å². The number of hydrogen-bond acceptors (Lipinski definition) is 2. The molecular weight excluding hydrogens is 379 g/mol. The molecule has 102 valence electrons.